The number of hydrogen-bond donors (Lipinski definition) is 1. The Morgan fingerprint density at radius 2 is 2.12 bits per heavy atom. The summed E-state index contributed by atoms with van der Waals surface area (Å²) < 4.78 is 10.4. The molecule has 0 heterocycles. The predicted molar refractivity (Wildman–Crippen MR) is 62.4 cm³/mol. The van der Waals surface area contributed by atoms with E-state index < -0.39 is 6.10 Å². The van der Waals surface area contributed by atoms with Gasteiger partial charge >= 0.3 is 0 Å². The number of hydrogen-bond acceptors (Lipinski definition) is 4. The van der Waals surface area contributed by atoms with Crippen LogP contribution in [0.3, 0.4) is 0 Å². The second-order valence-electron chi connectivity index (χ2n) is 4.19. The number of carbonyl (C=O) groups is 1. The fourth-order valence-corrected chi connectivity index (χ4v) is 2.32. The average molecular weight is 236 g/mol. The molecular weight excluding hydrogens is 220 g/mol. The molecule has 0 aliphatic heterocycles. The van der Waals surface area contributed by atoms with E-state index in [4.69, 9.17) is 9.47 Å². The molecule has 4 nitrogen and oxygen atoms in total. The molecule has 2 rings (SSSR count). The molecule has 1 aliphatic rings. The van der Waals surface area contributed by atoms with Gasteiger partial charge in [0.25, 0.3) is 0 Å². The quantitative estimate of drug-likeness (QED) is 0.808. The van der Waals surface area contributed by atoms with Crippen LogP contribution in [0.1, 0.15) is 23.7 Å². The Balaban J connectivity index is 2.51. The molecule has 1 aromatic carbocycles. The summed E-state index contributed by atoms with van der Waals surface area (Å²) >= 11 is 0. The van der Waals surface area contributed by atoms with E-state index in [-0.39, 0.29) is 5.92 Å². The number of ether oxygens (including phenoxy) is 2. The lowest BCUT2D eigenvalue weighted by atomic mass is 9.81. The molecule has 0 saturated carbocycles. The number of aryl methyl sites for hydroxylation is 1. The molecule has 0 bridgehead atoms. The molecular formula is C13H16O4. The van der Waals surface area contributed by atoms with Crippen molar-refractivity contribution < 1.29 is 19.4 Å². The maximum Gasteiger partial charge on any atom is 0.128 e. The first-order valence-corrected chi connectivity index (χ1v) is 5.59. The van der Waals surface area contributed by atoms with Crippen LogP contribution < -0.4 is 9.47 Å². The maximum absolute atomic E-state index is 10.9. The van der Waals surface area contributed by atoms with Gasteiger partial charge < -0.3 is 19.4 Å². The van der Waals surface area contributed by atoms with Gasteiger partial charge in [0, 0.05) is 17.5 Å². The Morgan fingerprint density at radius 1 is 1.35 bits per heavy atom. The minimum atomic E-state index is -0.780. The lowest BCUT2D eigenvalue weighted by Gasteiger charge is -2.28. The van der Waals surface area contributed by atoms with E-state index in [0.717, 1.165) is 23.8 Å². The number of benzene rings is 1. The number of methoxy groups -OCH3 is 2. The van der Waals surface area contributed by atoms with E-state index in [1.165, 1.54) is 0 Å². The van der Waals surface area contributed by atoms with Crippen LogP contribution in [-0.4, -0.2) is 25.6 Å². The van der Waals surface area contributed by atoms with Crippen LogP contribution >= 0.6 is 0 Å². The zero-order chi connectivity index (χ0) is 12.4. The van der Waals surface area contributed by atoms with Crippen molar-refractivity contribution in [3.05, 3.63) is 23.3 Å². The zero-order valence-corrected chi connectivity index (χ0v) is 9.97. The monoisotopic (exact) mass is 236 g/mol. The molecule has 1 aliphatic carbocycles. The first-order chi connectivity index (χ1) is 8.21. The normalized spacial score (nSPS) is 22.8. The third-order valence-electron chi connectivity index (χ3n) is 3.28. The Morgan fingerprint density at radius 3 is 2.71 bits per heavy atom. The van der Waals surface area contributed by atoms with E-state index in [1.54, 1.807) is 20.3 Å². The Labute approximate surface area is 100 Å². The lowest BCUT2D eigenvalue weighted by molar-refractivity contribution is -0.115. The van der Waals surface area contributed by atoms with Crippen molar-refractivity contribution in [2.45, 2.75) is 18.9 Å². The van der Waals surface area contributed by atoms with Crippen molar-refractivity contribution in [3.63, 3.8) is 0 Å². The maximum atomic E-state index is 10.9. The van der Waals surface area contributed by atoms with Gasteiger partial charge in [0.05, 0.1) is 20.3 Å². The SMILES string of the molecule is COc1cc2c(c(OC)c1)C(O)C(C=O)CC2. The molecule has 17 heavy (non-hydrogen) atoms. The van der Waals surface area contributed by atoms with Gasteiger partial charge in [0.15, 0.2) is 0 Å². The van der Waals surface area contributed by atoms with Gasteiger partial charge in [-0.1, -0.05) is 0 Å². The third-order valence-corrected chi connectivity index (χ3v) is 3.28. The Hall–Kier alpha value is -1.55. The lowest BCUT2D eigenvalue weighted by Crippen LogP contribution is -2.22. The molecule has 0 aromatic heterocycles. The summed E-state index contributed by atoms with van der Waals surface area (Å²) in [4.78, 5) is 10.9. The summed E-state index contributed by atoms with van der Waals surface area (Å²) in [6.07, 6.45) is 1.45. The molecule has 2 atom stereocenters. The van der Waals surface area contributed by atoms with Gasteiger partial charge in [-0.2, -0.15) is 0 Å². The molecule has 2 unspecified atom stereocenters. The van der Waals surface area contributed by atoms with Gasteiger partial charge in [-0.05, 0) is 24.5 Å². The Bertz CT molecular complexity index is 410. The highest BCUT2D eigenvalue weighted by Gasteiger charge is 2.31. The second kappa shape index (κ2) is 4.75. The van der Waals surface area contributed by atoms with Crippen molar-refractivity contribution in [2.24, 2.45) is 5.92 Å². The first kappa shape index (κ1) is 11.9. The molecule has 1 aromatic rings. The average Bonchev–Trinajstić information content (AvgIpc) is 2.37. The fraction of sp³-hybridized carbons (Fsp3) is 0.462. The standard InChI is InChI=1S/C13H16O4/c1-16-10-5-8-3-4-9(7-14)13(15)12(8)11(6-10)17-2/h5-7,9,13,15H,3-4H2,1-2H3. The van der Waals surface area contributed by atoms with Gasteiger partial charge in [-0.3, -0.25) is 0 Å². The molecule has 0 radical (unpaired) electrons. The highest BCUT2D eigenvalue weighted by Crippen LogP contribution is 2.41. The highest BCUT2D eigenvalue weighted by molar-refractivity contribution is 5.59. The van der Waals surface area contributed by atoms with Gasteiger partial charge in [-0.15, -0.1) is 0 Å². The van der Waals surface area contributed by atoms with Crippen LogP contribution in [0.15, 0.2) is 12.1 Å². The van der Waals surface area contributed by atoms with Gasteiger partial charge in [-0.25, -0.2) is 0 Å². The van der Waals surface area contributed by atoms with Gasteiger partial charge in [0.2, 0.25) is 0 Å². The fourth-order valence-electron chi connectivity index (χ4n) is 2.32. The zero-order valence-electron chi connectivity index (χ0n) is 9.97. The number of aldehydes is 1. The van der Waals surface area contributed by atoms with E-state index in [0.29, 0.717) is 17.9 Å². The molecule has 0 fully saturated rings. The summed E-state index contributed by atoms with van der Waals surface area (Å²) in [5.41, 5.74) is 1.71. The summed E-state index contributed by atoms with van der Waals surface area (Å²) in [6.45, 7) is 0. The molecule has 0 saturated heterocycles. The van der Waals surface area contributed by atoms with Crippen LogP contribution in [-0.2, 0) is 11.2 Å². The summed E-state index contributed by atoms with van der Waals surface area (Å²) in [7, 11) is 3.14. The molecule has 0 spiro atoms. The first-order valence-electron chi connectivity index (χ1n) is 5.59. The van der Waals surface area contributed by atoms with Crippen LogP contribution in [0.5, 0.6) is 11.5 Å². The second-order valence-corrected chi connectivity index (χ2v) is 4.19. The summed E-state index contributed by atoms with van der Waals surface area (Å²) in [6, 6.07) is 3.62. The highest BCUT2D eigenvalue weighted by atomic mass is 16.5. The van der Waals surface area contributed by atoms with Crippen LogP contribution in [0.2, 0.25) is 0 Å². The minimum Gasteiger partial charge on any atom is -0.497 e. The number of rotatable bonds is 3. The molecule has 0 amide bonds. The van der Waals surface area contributed by atoms with Crippen LogP contribution in [0, 0.1) is 5.92 Å². The van der Waals surface area contributed by atoms with Crippen LogP contribution in [0.4, 0.5) is 0 Å². The number of carbonyl (C=O) groups excluding carboxylic acids is 1. The topological polar surface area (TPSA) is 55.8 Å². The van der Waals surface area contributed by atoms with E-state index in [1.807, 2.05) is 6.07 Å². The molecule has 4 heteroatoms. The third kappa shape index (κ3) is 2.00. The van der Waals surface area contributed by atoms with Gasteiger partial charge in [0.1, 0.15) is 17.8 Å². The molecule has 92 valence electrons. The minimum absolute atomic E-state index is 0.343. The Kier molecular flexibility index (Phi) is 3.33. The van der Waals surface area contributed by atoms with Crippen LogP contribution in [0.25, 0.3) is 0 Å². The summed E-state index contributed by atoms with van der Waals surface area (Å²) in [5, 5.41) is 10.1. The van der Waals surface area contributed by atoms with Crippen molar-refractivity contribution in [3.8, 4) is 11.5 Å². The summed E-state index contributed by atoms with van der Waals surface area (Å²) in [5.74, 6) is 0.945. The van der Waals surface area contributed by atoms with E-state index >= 15 is 0 Å². The largest absolute Gasteiger partial charge is 0.497 e. The van der Waals surface area contributed by atoms with Crippen molar-refractivity contribution >= 4 is 6.29 Å². The van der Waals surface area contributed by atoms with E-state index in [2.05, 4.69) is 0 Å². The number of aliphatic hydroxyl groups is 1. The van der Waals surface area contributed by atoms with Crippen molar-refractivity contribution in [1.29, 1.82) is 0 Å². The molecule has 1 N–H and O–H groups in total. The number of aliphatic hydroxyl groups excluding tert-OH is 1. The van der Waals surface area contributed by atoms with Crippen molar-refractivity contribution in [1.82, 2.24) is 0 Å². The smallest absolute Gasteiger partial charge is 0.128 e. The van der Waals surface area contributed by atoms with E-state index in [9.17, 15) is 9.90 Å². The van der Waals surface area contributed by atoms with Crippen molar-refractivity contribution in [2.75, 3.05) is 14.2 Å². The predicted octanol–water partition coefficient (Wildman–Crippen LogP) is 1.50. The number of fused-ring (bicyclic) bond motifs is 1.